The average Bonchev–Trinajstić information content (AvgIpc) is 2.89. The third-order valence-electron chi connectivity index (χ3n) is 3.03. The van der Waals surface area contributed by atoms with E-state index in [4.69, 9.17) is 0 Å². The number of aromatic nitrogens is 1. The molecule has 22 heavy (non-hydrogen) atoms. The molecule has 0 aliphatic rings. The van der Waals surface area contributed by atoms with E-state index in [-0.39, 0.29) is 11.5 Å². The highest BCUT2D eigenvalue weighted by Crippen LogP contribution is 2.38. The van der Waals surface area contributed by atoms with Crippen molar-refractivity contribution in [3.8, 4) is 0 Å². The SMILES string of the molecule is CC(=O)c1ccc(Sc2nc3ccccc3s2)c([N+](=O)[O-])c1. The number of nitro groups is 1. The van der Waals surface area contributed by atoms with E-state index in [0.717, 1.165) is 14.6 Å². The Kier molecular flexibility index (Phi) is 3.91. The summed E-state index contributed by atoms with van der Waals surface area (Å²) in [5, 5.41) is 11.2. The minimum absolute atomic E-state index is 0.0723. The fourth-order valence-corrected chi connectivity index (χ4v) is 4.06. The summed E-state index contributed by atoms with van der Waals surface area (Å²) in [4.78, 5) is 27.1. The number of nitro benzene ring substituents is 1. The lowest BCUT2D eigenvalue weighted by atomic mass is 10.1. The second-order valence-corrected chi connectivity index (χ2v) is 6.87. The number of benzene rings is 2. The molecule has 0 amide bonds. The fourth-order valence-electron chi connectivity index (χ4n) is 1.95. The Morgan fingerprint density at radius 1 is 1.27 bits per heavy atom. The van der Waals surface area contributed by atoms with Crippen LogP contribution in [0.1, 0.15) is 17.3 Å². The molecule has 0 saturated carbocycles. The van der Waals surface area contributed by atoms with Crippen LogP contribution in [0, 0.1) is 10.1 Å². The van der Waals surface area contributed by atoms with Gasteiger partial charge in [0.1, 0.15) is 0 Å². The summed E-state index contributed by atoms with van der Waals surface area (Å²) in [6.45, 7) is 1.39. The monoisotopic (exact) mass is 330 g/mol. The number of rotatable bonds is 4. The molecule has 0 N–H and O–H groups in total. The molecule has 5 nitrogen and oxygen atoms in total. The molecule has 0 radical (unpaired) electrons. The number of ketones is 1. The zero-order chi connectivity index (χ0) is 15.7. The van der Waals surface area contributed by atoms with Crippen molar-refractivity contribution in [1.29, 1.82) is 0 Å². The number of hydrogen-bond donors (Lipinski definition) is 0. The van der Waals surface area contributed by atoms with E-state index < -0.39 is 4.92 Å². The average molecular weight is 330 g/mol. The van der Waals surface area contributed by atoms with Crippen molar-refractivity contribution in [3.63, 3.8) is 0 Å². The van der Waals surface area contributed by atoms with Gasteiger partial charge in [0.05, 0.1) is 20.0 Å². The van der Waals surface area contributed by atoms with Gasteiger partial charge in [0.25, 0.3) is 5.69 Å². The highest BCUT2D eigenvalue weighted by atomic mass is 32.2. The van der Waals surface area contributed by atoms with Crippen LogP contribution < -0.4 is 0 Å². The topological polar surface area (TPSA) is 73.1 Å². The maximum Gasteiger partial charge on any atom is 0.284 e. The first-order valence-electron chi connectivity index (χ1n) is 6.37. The van der Waals surface area contributed by atoms with Gasteiger partial charge in [-0.15, -0.1) is 11.3 Å². The van der Waals surface area contributed by atoms with Gasteiger partial charge in [0.15, 0.2) is 10.1 Å². The smallest absolute Gasteiger partial charge is 0.284 e. The quantitative estimate of drug-likeness (QED) is 0.398. The van der Waals surface area contributed by atoms with Crippen LogP contribution in [0.5, 0.6) is 0 Å². The molecule has 0 fully saturated rings. The van der Waals surface area contributed by atoms with E-state index in [1.165, 1.54) is 36.1 Å². The number of nitrogens with zero attached hydrogens (tertiary/aromatic N) is 2. The molecule has 0 aliphatic carbocycles. The number of Topliss-reactive ketones (excluding diaryl/α,β-unsaturated/α-hetero) is 1. The Balaban J connectivity index is 2.00. The molecule has 0 atom stereocenters. The second-order valence-electron chi connectivity index (χ2n) is 4.55. The first kappa shape index (κ1) is 14.7. The van der Waals surface area contributed by atoms with E-state index in [0.29, 0.717) is 10.5 Å². The zero-order valence-corrected chi connectivity index (χ0v) is 13.1. The normalized spacial score (nSPS) is 10.8. The van der Waals surface area contributed by atoms with Crippen LogP contribution in [0.4, 0.5) is 5.69 Å². The summed E-state index contributed by atoms with van der Waals surface area (Å²) in [6.07, 6.45) is 0. The lowest BCUT2D eigenvalue weighted by Gasteiger charge is -2.02. The lowest BCUT2D eigenvalue weighted by Crippen LogP contribution is -1.96. The summed E-state index contributed by atoms with van der Waals surface area (Å²) in [6, 6.07) is 12.2. The van der Waals surface area contributed by atoms with Crippen molar-refractivity contribution in [2.45, 2.75) is 16.2 Å². The predicted octanol–water partition coefficient (Wildman–Crippen LogP) is 4.56. The number of hydrogen-bond acceptors (Lipinski definition) is 6. The van der Waals surface area contributed by atoms with Gasteiger partial charge >= 0.3 is 0 Å². The maximum atomic E-state index is 11.4. The summed E-state index contributed by atoms with van der Waals surface area (Å²) in [5.41, 5.74) is 1.13. The molecule has 1 heterocycles. The molecule has 110 valence electrons. The molecule has 2 aromatic carbocycles. The summed E-state index contributed by atoms with van der Waals surface area (Å²) in [7, 11) is 0. The van der Waals surface area contributed by atoms with E-state index >= 15 is 0 Å². The van der Waals surface area contributed by atoms with Crippen molar-refractivity contribution in [2.75, 3.05) is 0 Å². The standard InChI is InChI=1S/C15H10N2O3S2/c1-9(18)10-6-7-14(12(8-10)17(19)20)22-15-16-11-4-2-3-5-13(11)21-15/h2-8H,1H3. The van der Waals surface area contributed by atoms with E-state index in [2.05, 4.69) is 4.98 Å². The largest absolute Gasteiger partial charge is 0.295 e. The first-order valence-corrected chi connectivity index (χ1v) is 8.00. The minimum atomic E-state index is -0.470. The van der Waals surface area contributed by atoms with Gasteiger partial charge in [0, 0.05) is 11.6 Å². The highest BCUT2D eigenvalue weighted by molar-refractivity contribution is 8.01. The molecule has 1 aromatic heterocycles. The van der Waals surface area contributed by atoms with Gasteiger partial charge in [0.2, 0.25) is 0 Å². The second kappa shape index (κ2) is 5.86. The Hall–Kier alpha value is -2.25. The molecule has 0 aliphatic heterocycles. The molecular formula is C15H10N2O3S2. The van der Waals surface area contributed by atoms with Crippen LogP contribution in [0.15, 0.2) is 51.7 Å². The van der Waals surface area contributed by atoms with Crippen molar-refractivity contribution in [3.05, 3.63) is 58.1 Å². The van der Waals surface area contributed by atoms with Gasteiger partial charge < -0.3 is 0 Å². The summed E-state index contributed by atoms with van der Waals surface area (Å²) in [5.74, 6) is -0.195. The van der Waals surface area contributed by atoms with Gasteiger partial charge in [-0.25, -0.2) is 4.98 Å². The van der Waals surface area contributed by atoms with Crippen LogP contribution in [0.25, 0.3) is 10.2 Å². The Morgan fingerprint density at radius 3 is 2.73 bits per heavy atom. The third kappa shape index (κ3) is 2.86. The molecule has 0 bridgehead atoms. The van der Waals surface area contributed by atoms with Crippen LogP contribution in [0.2, 0.25) is 0 Å². The van der Waals surface area contributed by atoms with Crippen molar-refractivity contribution in [2.24, 2.45) is 0 Å². The van der Waals surface area contributed by atoms with Crippen LogP contribution in [-0.2, 0) is 0 Å². The van der Waals surface area contributed by atoms with Crippen molar-refractivity contribution >= 4 is 44.8 Å². The van der Waals surface area contributed by atoms with Crippen molar-refractivity contribution < 1.29 is 9.72 Å². The predicted molar refractivity (Wildman–Crippen MR) is 86.8 cm³/mol. The molecule has 7 heteroatoms. The first-order chi connectivity index (χ1) is 10.5. The van der Waals surface area contributed by atoms with Crippen LogP contribution in [0.3, 0.4) is 0 Å². The molecular weight excluding hydrogens is 320 g/mol. The lowest BCUT2D eigenvalue weighted by molar-refractivity contribution is -0.387. The van der Waals surface area contributed by atoms with Gasteiger partial charge in [-0.3, -0.25) is 14.9 Å². The number of carbonyl (C=O) groups is 1. The minimum Gasteiger partial charge on any atom is -0.295 e. The number of carbonyl (C=O) groups excluding carboxylic acids is 1. The van der Waals surface area contributed by atoms with E-state index in [1.807, 2.05) is 24.3 Å². The van der Waals surface area contributed by atoms with Crippen molar-refractivity contribution in [1.82, 2.24) is 4.98 Å². The Bertz CT molecular complexity index is 856. The maximum absolute atomic E-state index is 11.4. The van der Waals surface area contributed by atoms with Gasteiger partial charge in [-0.05, 0) is 31.2 Å². The molecule has 3 aromatic rings. The summed E-state index contributed by atoms with van der Waals surface area (Å²) >= 11 is 2.73. The highest BCUT2D eigenvalue weighted by Gasteiger charge is 2.18. The van der Waals surface area contributed by atoms with E-state index in [9.17, 15) is 14.9 Å². The van der Waals surface area contributed by atoms with E-state index in [1.54, 1.807) is 12.1 Å². The number of fused-ring (bicyclic) bond motifs is 1. The third-order valence-corrected chi connectivity index (χ3v) is 5.20. The molecule has 0 spiro atoms. The van der Waals surface area contributed by atoms with Gasteiger partial charge in [-0.1, -0.05) is 23.9 Å². The zero-order valence-electron chi connectivity index (χ0n) is 11.5. The van der Waals surface area contributed by atoms with Crippen LogP contribution in [-0.4, -0.2) is 15.7 Å². The molecule has 3 rings (SSSR count). The fraction of sp³-hybridized carbons (Fsp3) is 0.0667. The molecule has 0 saturated heterocycles. The summed E-state index contributed by atoms with van der Waals surface area (Å²) < 4.78 is 1.77. The van der Waals surface area contributed by atoms with Crippen LogP contribution >= 0.6 is 23.1 Å². The Labute approximate surface area is 134 Å². The Morgan fingerprint density at radius 2 is 2.05 bits per heavy atom. The van der Waals surface area contributed by atoms with Gasteiger partial charge in [-0.2, -0.15) is 0 Å². The molecule has 0 unspecified atom stereocenters. The number of thiazole rings is 1. The number of para-hydroxylation sites is 1.